The number of nitrogens with zero attached hydrogens (tertiary/aromatic N) is 4. The van der Waals surface area contributed by atoms with E-state index >= 15 is 0 Å². The lowest BCUT2D eigenvalue weighted by molar-refractivity contribution is -0.116. The predicted octanol–water partition coefficient (Wildman–Crippen LogP) is 7.54. The van der Waals surface area contributed by atoms with E-state index in [1.807, 2.05) is 133 Å². The van der Waals surface area contributed by atoms with E-state index in [2.05, 4.69) is 30.6 Å². The van der Waals surface area contributed by atoms with Crippen LogP contribution in [0.1, 0.15) is 13.3 Å². The lowest BCUT2D eigenvalue weighted by atomic mass is 10.1. The van der Waals surface area contributed by atoms with E-state index in [1.165, 1.54) is 0 Å². The smallest absolute Gasteiger partial charge is 0.230 e. The summed E-state index contributed by atoms with van der Waals surface area (Å²) in [6.45, 7) is 1.80. The van der Waals surface area contributed by atoms with Crippen LogP contribution in [0.15, 0.2) is 133 Å². The third-order valence-electron chi connectivity index (χ3n) is 6.49. The standard InChI is InChI=1S/C19H17N3O.C17H13N3O/c1-2-18(23)22-19-20-16(14-9-5-3-6-10-14)13-17(21-19)15-11-7-4-8-12-15;21-12-18-17-19-15(13-7-3-1-4-8-13)11-16(20-17)14-9-5-2-6-10-14/h3-13H,2H2,1H3,(H,20,21,22,23);1-12H,(H,18,19,20,21). The Kier molecular flexibility index (Phi) is 9.88. The van der Waals surface area contributed by atoms with Crippen LogP contribution < -0.4 is 10.6 Å². The normalized spacial score (nSPS) is 10.2. The van der Waals surface area contributed by atoms with Crippen LogP contribution in [0.3, 0.4) is 0 Å². The Morgan fingerprint density at radius 3 is 1.16 bits per heavy atom. The molecule has 2 heterocycles. The molecule has 8 heteroatoms. The molecule has 0 spiro atoms. The molecule has 0 radical (unpaired) electrons. The van der Waals surface area contributed by atoms with Crippen LogP contribution >= 0.6 is 0 Å². The van der Waals surface area contributed by atoms with E-state index in [0.29, 0.717) is 24.7 Å². The van der Waals surface area contributed by atoms with Gasteiger partial charge < -0.3 is 0 Å². The van der Waals surface area contributed by atoms with E-state index in [-0.39, 0.29) is 5.91 Å². The SMILES string of the molecule is CCC(=O)Nc1nc(-c2ccccc2)cc(-c2ccccc2)n1.O=CNc1nc(-c2ccccc2)cc(-c2ccccc2)n1. The first kappa shape index (κ1) is 29.5. The van der Waals surface area contributed by atoms with E-state index in [4.69, 9.17) is 0 Å². The Morgan fingerprint density at radius 1 is 0.545 bits per heavy atom. The molecule has 216 valence electrons. The zero-order valence-corrected chi connectivity index (χ0v) is 24.1. The molecule has 6 aromatic rings. The van der Waals surface area contributed by atoms with Crippen molar-refractivity contribution in [3.05, 3.63) is 133 Å². The predicted molar refractivity (Wildman–Crippen MR) is 174 cm³/mol. The van der Waals surface area contributed by atoms with E-state index in [1.54, 1.807) is 6.92 Å². The fraction of sp³-hybridized carbons (Fsp3) is 0.0556. The molecular formula is C36H30N6O2. The lowest BCUT2D eigenvalue weighted by Gasteiger charge is -2.09. The van der Waals surface area contributed by atoms with E-state index < -0.39 is 0 Å². The molecule has 0 aliphatic carbocycles. The molecule has 2 aromatic heterocycles. The Morgan fingerprint density at radius 2 is 0.864 bits per heavy atom. The molecule has 8 nitrogen and oxygen atoms in total. The summed E-state index contributed by atoms with van der Waals surface area (Å²) < 4.78 is 0. The maximum atomic E-state index is 11.7. The minimum absolute atomic E-state index is 0.103. The molecule has 0 atom stereocenters. The summed E-state index contributed by atoms with van der Waals surface area (Å²) in [5.74, 6) is 0.525. The number of carbonyl (C=O) groups is 2. The molecule has 0 saturated carbocycles. The highest BCUT2D eigenvalue weighted by Gasteiger charge is 2.10. The van der Waals surface area contributed by atoms with Crippen molar-refractivity contribution in [2.24, 2.45) is 0 Å². The van der Waals surface area contributed by atoms with Crippen LogP contribution in [0.25, 0.3) is 45.0 Å². The highest BCUT2D eigenvalue weighted by Crippen LogP contribution is 2.26. The van der Waals surface area contributed by atoms with Gasteiger partial charge in [0.2, 0.25) is 24.2 Å². The van der Waals surface area contributed by atoms with Crippen molar-refractivity contribution < 1.29 is 9.59 Å². The van der Waals surface area contributed by atoms with Gasteiger partial charge >= 0.3 is 0 Å². The molecular weight excluding hydrogens is 548 g/mol. The van der Waals surface area contributed by atoms with Crippen molar-refractivity contribution in [1.82, 2.24) is 19.9 Å². The Hall–Kier alpha value is -6.02. The van der Waals surface area contributed by atoms with Crippen LogP contribution in [0, 0.1) is 0 Å². The van der Waals surface area contributed by atoms with Gasteiger partial charge in [-0.3, -0.25) is 20.2 Å². The molecule has 4 aromatic carbocycles. The van der Waals surface area contributed by atoms with Crippen molar-refractivity contribution in [2.45, 2.75) is 13.3 Å². The summed E-state index contributed by atoms with van der Waals surface area (Å²) in [6.07, 6.45) is 0.971. The Bertz CT molecular complexity index is 1700. The minimum atomic E-state index is -0.103. The van der Waals surface area contributed by atoms with Crippen molar-refractivity contribution in [3.8, 4) is 45.0 Å². The van der Waals surface area contributed by atoms with Gasteiger partial charge in [-0.05, 0) is 12.1 Å². The minimum Gasteiger partial charge on any atom is -0.297 e. The molecule has 0 bridgehead atoms. The number of nitrogens with one attached hydrogen (secondary N) is 2. The van der Waals surface area contributed by atoms with Gasteiger partial charge in [0.25, 0.3) is 0 Å². The van der Waals surface area contributed by atoms with Gasteiger partial charge in [-0.1, -0.05) is 128 Å². The number of amides is 2. The fourth-order valence-corrected chi connectivity index (χ4v) is 4.31. The third kappa shape index (κ3) is 7.83. The number of rotatable bonds is 8. The van der Waals surface area contributed by atoms with E-state index in [0.717, 1.165) is 45.0 Å². The van der Waals surface area contributed by atoms with Gasteiger partial charge in [-0.2, -0.15) is 0 Å². The number of carbonyl (C=O) groups excluding carboxylic acids is 2. The molecule has 0 aliphatic heterocycles. The zero-order valence-electron chi connectivity index (χ0n) is 24.1. The summed E-state index contributed by atoms with van der Waals surface area (Å²) >= 11 is 0. The van der Waals surface area contributed by atoms with Gasteiger partial charge in [0.05, 0.1) is 22.8 Å². The van der Waals surface area contributed by atoms with Crippen molar-refractivity contribution in [3.63, 3.8) is 0 Å². The average Bonchev–Trinajstić information content (AvgIpc) is 3.10. The number of hydrogen-bond acceptors (Lipinski definition) is 6. The molecule has 0 aliphatic rings. The highest BCUT2D eigenvalue weighted by atomic mass is 16.1. The summed E-state index contributed by atoms with van der Waals surface area (Å²) in [5.41, 5.74) is 7.04. The number of hydrogen-bond donors (Lipinski definition) is 2. The average molecular weight is 579 g/mol. The lowest BCUT2D eigenvalue weighted by Crippen LogP contribution is -2.13. The maximum Gasteiger partial charge on any atom is 0.230 e. The molecule has 0 fully saturated rings. The molecule has 0 saturated heterocycles. The first-order chi connectivity index (χ1) is 21.6. The Balaban J connectivity index is 0.000000175. The van der Waals surface area contributed by atoms with Crippen LogP contribution in [0.5, 0.6) is 0 Å². The topological polar surface area (TPSA) is 110 Å². The van der Waals surface area contributed by atoms with Gasteiger partial charge in [0.1, 0.15) is 0 Å². The maximum absolute atomic E-state index is 11.7. The van der Waals surface area contributed by atoms with Gasteiger partial charge in [-0.15, -0.1) is 0 Å². The summed E-state index contributed by atoms with van der Waals surface area (Å²) in [4.78, 5) is 40.0. The highest BCUT2D eigenvalue weighted by molar-refractivity contribution is 5.89. The van der Waals surface area contributed by atoms with Crippen molar-refractivity contribution in [2.75, 3.05) is 10.6 Å². The molecule has 6 rings (SSSR count). The molecule has 2 amide bonds. The summed E-state index contributed by atoms with van der Waals surface area (Å²) in [7, 11) is 0. The van der Waals surface area contributed by atoms with Crippen molar-refractivity contribution >= 4 is 24.2 Å². The zero-order chi connectivity index (χ0) is 30.6. The van der Waals surface area contributed by atoms with Gasteiger partial charge in [0, 0.05) is 28.7 Å². The van der Waals surface area contributed by atoms with Crippen LogP contribution in [0.4, 0.5) is 11.9 Å². The van der Waals surface area contributed by atoms with Crippen LogP contribution in [0.2, 0.25) is 0 Å². The van der Waals surface area contributed by atoms with Crippen molar-refractivity contribution in [1.29, 1.82) is 0 Å². The van der Waals surface area contributed by atoms with Crippen LogP contribution in [-0.2, 0) is 9.59 Å². The second-order valence-electron chi connectivity index (χ2n) is 9.55. The number of benzene rings is 4. The van der Waals surface area contributed by atoms with Gasteiger partial charge in [0.15, 0.2) is 0 Å². The monoisotopic (exact) mass is 578 g/mol. The van der Waals surface area contributed by atoms with Crippen LogP contribution in [-0.4, -0.2) is 32.3 Å². The largest absolute Gasteiger partial charge is 0.297 e. The summed E-state index contributed by atoms with van der Waals surface area (Å²) in [5, 5.41) is 5.28. The first-order valence-corrected chi connectivity index (χ1v) is 14.1. The number of aromatic nitrogens is 4. The molecule has 44 heavy (non-hydrogen) atoms. The quantitative estimate of drug-likeness (QED) is 0.181. The third-order valence-corrected chi connectivity index (χ3v) is 6.49. The number of anilines is 2. The van der Waals surface area contributed by atoms with E-state index in [9.17, 15) is 9.59 Å². The first-order valence-electron chi connectivity index (χ1n) is 14.1. The second kappa shape index (κ2) is 14.7. The Labute approximate surface area is 255 Å². The molecule has 2 N–H and O–H groups in total. The molecule has 0 unspecified atom stereocenters. The summed E-state index contributed by atoms with van der Waals surface area (Å²) in [6, 6.07) is 43.2. The fourth-order valence-electron chi connectivity index (χ4n) is 4.31. The second-order valence-corrected chi connectivity index (χ2v) is 9.55. The van der Waals surface area contributed by atoms with Gasteiger partial charge in [-0.25, -0.2) is 19.9 Å².